The van der Waals surface area contributed by atoms with Crippen LogP contribution in [0.25, 0.3) is 0 Å². The lowest BCUT2D eigenvalue weighted by atomic mass is 10.3. The van der Waals surface area contributed by atoms with Crippen LogP contribution in [0.4, 0.5) is 11.6 Å². The van der Waals surface area contributed by atoms with Gasteiger partial charge in [-0.2, -0.15) is 0 Å². The highest BCUT2D eigenvalue weighted by molar-refractivity contribution is 8.00. The van der Waals surface area contributed by atoms with Crippen LogP contribution in [-0.2, 0) is 9.53 Å². The maximum atomic E-state index is 12.5. The summed E-state index contributed by atoms with van der Waals surface area (Å²) in [6.07, 6.45) is 2.29. The van der Waals surface area contributed by atoms with Crippen LogP contribution >= 0.6 is 11.8 Å². The normalized spacial score (nSPS) is 18.6. The van der Waals surface area contributed by atoms with Crippen molar-refractivity contribution in [2.24, 2.45) is 0 Å². The molecule has 0 unspecified atom stereocenters. The van der Waals surface area contributed by atoms with Crippen molar-refractivity contribution in [3.05, 3.63) is 30.3 Å². The van der Waals surface area contributed by atoms with Crippen LogP contribution in [0.15, 0.2) is 35.5 Å². The average molecular weight is 373 g/mol. The Bertz CT molecular complexity index is 756. The fourth-order valence-electron chi connectivity index (χ4n) is 2.96. The molecule has 0 bridgehead atoms. The summed E-state index contributed by atoms with van der Waals surface area (Å²) in [5.74, 6) is 0.883. The van der Waals surface area contributed by atoms with Crippen LogP contribution in [0.2, 0.25) is 0 Å². The molecule has 1 aliphatic carbocycles. The molecule has 1 saturated heterocycles. The molecule has 2 aliphatic rings. The first kappa shape index (κ1) is 17.4. The number of benzene rings is 1. The first-order valence-corrected chi connectivity index (χ1v) is 9.90. The molecule has 1 aromatic carbocycles. The lowest BCUT2D eigenvalue weighted by molar-refractivity contribution is -0.115. The summed E-state index contributed by atoms with van der Waals surface area (Å²) >= 11 is 1.47. The molecule has 1 saturated carbocycles. The van der Waals surface area contributed by atoms with Crippen molar-refractivity contribution < 1.29 is 9.53 Å². The second kappa shape index (κ2) is 7.67. The molecule has 7 nitrogen and oxygen atoms in total. The van der Waals surface area contributed by atoms with E-state index in [9.17, 15) is 4.79 Å². The number of hydrogen-bond donors (Lipinski definition) is 1. The van der Waals surface area contributed by atoms with Gasteiger partial charge in [-0.1, -0.05) is 30.0 Å². The standard InChI is InChI=1S/C18H23N5O2S/c1-13(16(24)19-14-5-3-2-4-6-14)26-18-21-20-17(23(18)15-7-8-15)22-9-11-25-12-10-22/h2-6,13,15H,7-12H2,1H3,(H,19,24)/t13-/m1/s1. The van der Waals surface area contributed by atoms with Crippen LogP contribution < -0.4 is 10.2 Å². The highest BCUT2D eigenvalue weighted by atomic mass is 32.2. The van der Waals surface area contributed by atoms with Crippen molar-refractivity contribution in [3.8, 4) is 0 Å². The molecule has 1 N–H and O–H groups in total. The number of amides is 1. The van der Waals surface area contributed by atoms with E-state index in [2.05, 4.69) is 25.0 Å². The van der Waals surface area contributed by atoms with Gasteiger partial charge < -0.3 is 15.0 Å². The van der Waals surface area contributed by atoms with E-state index in [-0.39, 0.29) is 11.2 Å². The predicted octanol–water partition coefficient (Wildman–Crippen LogP) is 2.57. The molecule has 1 aromatic heterocycles. The molecule has 4 rings (SSSR count). The minimum atomic E-state index is -0.255. The second-order valence-corrected chi connectivity index (χ2v) is 7.91. The Kier molecular flexibility index (Phi) is 5.12. The number of rotatable bonds is 6. The third-order valence-electron chi connectivity index (χ3n) is 4.55. The van der Waals surface area contributed by atoms with Gasteiger partial charge in [-0.15, -0.1) is 10.2 Å². The first-order chi connectivity index (χ1) is 12.7. The molecule has 1 aliphatic heterocycles. The Hall–Kier alpha value is -2.06. The number of nitrogens with one attached hydrogen (secondary N) is 1. The highest BCUT2D eigenvalue weighted by Gasteiger charge is 2.33. The van der Waals surface area contributed by atoms with Crippen molar-refractivity contribution in [3.63, 3.8) is 0 Å². The van der Waals surface area contributed by atoms with Crippen LogP contribution in [0.3, 0.4) is 0 Å². The predicted molar refractivity (Wildman–Crippen MR) is 102 cm³/mol. The van der Waals surface area contributed by atoms with Gasteiger partial charge in [0.2, 0.25) is 11.9 Å². The SMILES string of the molecule is C[C@@H](Sc1nnc(N2CCOCC2)n1C1CC1)C(=O)Nc1ccccc1. The maximum Gasteiger partial charge on any atom is 0.237 e. The number of anilines is 2. The third-order valence-corrected chi connectivity index (χ3v) is 5.60. The number of carbonyl (C=O) groups is 1. The lowest BCUT2D eigenvalue weighted by Crippen LogP contribution is -2.38. The number of aromatic nitrogens is 3. The van der Waals surface area contributed by atoms with E-state index in [1.54, 1.807) is 0 Å². The second-order valence-electron chi connectivity index (χ2n) is 6.60. The van der Waals surface area contributed by atoms with Crippen molar-refractivity contribution >= 4 is 29.3 Å². The van der Waals surface area contributed by atoms with Crippen molar-refractivity contribution in [1.29, 1.82) is 0 Å². The molecule has 8 heteroatoms. The molecule has 0 spiro atoms. The molecule has 0 radical (unpaired) electrons. The van der Waals surface area contributed by atoms with E-state index in [1.165, 1.54) is 11.8 Å². The van der Waals surface area contributed by atoms with Gasteiger partial charge in [0.05, 0.1) is 18.5 Å². The minimum Gasteiger partial charge on any atom is -0.378 e. The molecule has 26 heavy (non-hydrogen) atoms. The Balaban J connectivity index is 1.47. The smallest absolute Gasteiger partial charge is 0.237 e. The van der Waals surface area contributed by atoms with Gasteiger partial charge in [-0.25, -0.2) is 0 Å². The summed E-state index contributed by atoms with van der Waals surface area (Å²) < 4.78 is 7.65. The third kappa shape index (κ3) is 3.86. The topological polar surface area (TPSA) is 72.3 Å². The average Bonchev–Trinajstić information content (AvgIpc) is 3.43. The van der Waals surface area contributed by atoms with Crippen LogP contribution in [-0.4, -0.2) is 52.2 Å². The fraction of sp³-hybridized carbons (Fsp3) is 0.500. The van der Waals surface area contributed by atoms with E-state index < -0.39 is 0 Å². The zero-order valence-corrected chi connectivity index (χ0v) is 15.6. The lowest BCUT2D eigenvalue weighted by Gasteiger charge is -2.28. The number of morpholine rings is 1. The molecule has 138 valence electrons. The minimum absolute atomic E-state index is 0.0283. The van der Waals surface area contributed by atoms with E-state index in [1.807, 2.05) is 37.3 Å². The van der Waals surface area contributed by atoms with E-state index in [0.29, 0.717) is 6.04 Å². The van der Waals surface area contributed by atoms with Crippen LogP contribution in [0, 0.1) is 0 Å². The van der Waals surface area contributed by atoms with Gasteiger partial charge in [0.15, 0.2) is 5.16 Å². The van der Waals surface area contributed by atoms with E-state index in [0.717, 1.165) is 55.9 Å². The molecule has 2 heterocycles. The number of ether oxygens (including phenoxy) is 1. The summed E-state index contributed by atoms with van der Waals surface area (Å²) in [4.78, 5) is 14.7. The van der Waals surface area contributed by atoms with Crippen molar-refractivity contribution in [1.82, 2.24) is 14.8 Å². The Morgan fingerprint density at radius 3 is 2.65 bits per heavy atom. The number of nitrogens with zero attached hydrogens (tertiary/aromatic N) is 4. The van der Waals surface area contributed by atoms with Gasteiger partial charge in [0.25, 0.3) is 0 Å². The van der Waals surface area contributed by atoms with Gasteiger partial charge >= 0.3 is 0 Å². The summed E-state index contributed by atoms with van der Waals surface area (Å²) in [5, 5.41) is 12.3. The van der Waals surface area contributed by atoms with E-state index >= 15 is 0 Å². The Morgan fingerprint density at radius 2 is 1.96 bits per heavy atom. The number of hydrogen-bond acceptors (Lipinski definition) is 6. The zero-order chi connectivity index (χ0) is 17.9. The number of thioether (sulfide) groups is 1. The molecule has 2 aromatic rings. The van der Waals surface area contributed by atoms with Crippen LogP contribution in [0.5, 0.6) is 0 Å². The number of para-hydroxylation sites is 1. The summed E-state index contributed by atoms with van der Waals surface area (Å²) in [6.45, 7) is 5.01. The quantitative estimate of drug-likeness (QED) is 0.785. The van der Waals surface area contributed by atoms with Gasteiger partial charge in [0, 0.05) is 24.8 Å². The summed E-state index contributed by atoms with van der Waals surface area (Å²) in [7, 11) is 0. The Morgan fingerprint density at radius 1 is 1.23 bits per heavy atom. The van der Waals surface area contributed by atoms with Crippen LogP contribution in [0.1, 0.15) is 25.8 Å². The van der Waals surface area contributed by atoms with Gasteiger partial charge in [-0.3, -0.25) is 9.36 Å². The molecule has 1 atom stereocenters. The summed E-state index contributed by atoms with van der Waals surface area (Å²) in [6, 6.07) is 9.97. The Labute approximate surface area is 157 Å². The molecule has 1 amide bonds. The monoisotopic (exact) mass is 373 g/mol. The van der Waals surface area contributed by atoms with Crippen molar-refractivity contribution in [2.75, 3.05) is 36.5 Å². The molecule has 2 fully saturated rings. The number of carbonyl (C=O) groups excluding carboxylic acids is 1. The van der Waals surface area contributed by atoms with Gasteiger partial charge in [0.1, 0.15) is 0 Å². The first-order valence-electron chi connectivity index (χ1n) is 9.02. The molecular weight excluding hydrogens is 350 g/mol. The fourth-order valence-corrected chi connectivity index (χ4v) is 3.87. The maximum absolute atomic E-state index is 12.5. The zero-order valence-electron chi connectivity index (χ0n) is 14.8. The summed E-state index contributed by atoms with van der Waals surface area (Å²) in [5.41, 5.74) is 0.808. The van der Waals surface area contributed by atoms with Crippen molar-refractivity contribution in [2.45, 2.75) is 36.2 Å². The van der Waals surface area contributed by atoms with Gasteiger partial charge in [-0.05, 0) is 31.9 Å². The van der Waals surface area contributed by atoms with E-state index in [4.69, 9.17) is 4.74 Å². The largest absolute Gasteiger partial charge is 0.378 e. The highest BCUT2D eigenvalue weighted by Crippen LogP contribution is 2.41. The molecular formula is C18H23N5O2S.